The van der Waals surface area contributed by atoms with Crippen LogP contribution >= 0.6 is 0 Å². The third-order valence-corrected chi connectivity index (χ3v) is 2.13. The molecule has 0 saturated carbocycles. The summed E-state index contributed by atoms with van der Waals surface area (Å²) in [5, 5.41) is 21.8. The lowest BCUT2D eigenvalue weighted by atomic mass is 10.0. The number of aliphatic hydroxyl groups is 2. The van der Waals surface area contributed by atoms with Crippen molar-refractivity contribution in [1.29, 1.82) is 0 Å². The first-order valence-corrected chi connectivity index (χ1v) is 4.82. The average molecular weight is 225 g/mol. The Balaban J connectivity index is 2.66. The van der Waals surface area contributed by atoms with Gasteiger partial charge in [0.05, 0.1) is 0 Å². The topological polar surface area (TPSA) is 108 Å². The zero-order valence-corrected chi connectivity index (χ0v) is 8.92. The van der Waals surface area contributed by atoms with Gasteiger partial charge in [-0.05, 0) is 6.07 Å². The van der Waals surface area contributed by atoms with Gasteiger partial charge < -0.3 is 21.3 Å². The molecule has 0 spiro atoms. The number of nitrogens with two attached hydrogens (primary N) is 1. The van der Waals surface area contributed by atoms with Crippen molar-refractivity contribution < 1.29 is 15.0 Å². The minimum absolute atomic E-state index is 0.0369. The third kappa shape index (κ3) is 3.18. The monoisotopic (exact) mass is 225 g/mol. The molecule has 5 N–H and O–H groups in total. The molecule has 0 saturated heterocycles. The Morgan fingerprint density at radius 1 is 1.62 bits per heavy atom. The number of aromatic nitrogens is 1. The predicted octanol–water partition coefficient (Wildman–Crippen LogP) is -0.806. The number of hydrogen-bond donors (Lipinski definition) is 4. The molecule has 0 aliphatic carbocycles. The first-order chi connectivity index (χ1) is 7.52. The van der Waals surface area contributed by atoms with E-state index in [-0.39, 0.29) is 12.5 Å². The van der Waals surface area contributed by atoms with Crippen LogP contribution in [0.5, 0.6) is 0 Å². The van der Waals surface area contributed by atoms with Crippen LogP contribution in [0.2, 0.25) is 0 Å². The van der Waals surface area contributed by atoms with Gasteiger partial charge in [-0.3, -0.25) is 9.78 Å². The fraction of sp³-hybridized carbons (Fsp3) is 0.400. The summed E-state index contributed by atoms with van der Waals surface area (Å²) in [4.78, 5) is 14.4. The SMILES string of the molecule is CC(=O)NCC(O)C(O)c1cnccc1N. The molecule has 0 aromatic carbocycles. The molecule has 0 aliphatic rings. The first-order valence-electron chi connectivity index (χ1n) is 4.82. The van der Waals surface area contributed by atoms with Crippen LogP contribution in [-0.4, -0.2) is 33.8 Å². The highest BCUT2D eigenvalue weighted by molar-refractivity contribution is 5.72. The zero-order valence-electron chi connectivity index (χ0n) is 8.92. The van der Waals surface area contributed by atoms with Gasteiger partial charge in [-0.1, -0.05) is 0 Å². The number of hydrogen-bond acceptors (Lipinski definition) is 5. The predicted molar refractivity (Wildman–Crippen MR) is 58.3 cm³/mol. The molecule has 0 fully saturated rings. The van der Waals surface area contributed by atoms with Gasteiger partial charge in [0.2, 0.25) is 5.91 Å². The number of anilines is 1. The fourth-order valence-electron chi connectivity index (χ4n) is 1.23. The molecule has 1 rings (SSSR count). The summed E-state index contributed by atoms with van der Waals surface area (Å²) in [5.41, 5.74) is 6.32. The normalized spacial score (nSPS) is 14.2. The van der Waals surface area contributed by atoms with Crippen molar-refractivity contribution in [2.45, 2.75) is 19.1 Å². The van der Waals surface area contributed by atoms with E-state index in [1.165, 1.54) is 25.4 Å². The Morgan fingerprint density at radius 3 is 2.88 bits per heavy atom. The molecular weight excluding hydrogens is 210 g/mol. The Labute approximate surface area is 93.1 Å². The molecule has 16 heavy (non-hydrogen) atoms. The van der Waals surface area contributed by atoms with Crippen molar-refractivity contribution in [3.05, 3.63) is 24.0 Å². The summed E-state index contributed by atoms with van der Waals surface area (Å²) in [5.74, 6) is -0.273. The van der Waals surface area contributed by atoms with Crippen molar-refractivity contribution in [3.63, 3.8) is 0 Å². The van der Waals surface area contributed by atoms with E-state index < -0.39 is 12.2 Å². The number of rotatable bonds is 4. The second kappa shape index (κ2) is 5.43. The number of carbonyl (C=O) groups is 1. The van der Waals surface area contributed by atoms with Crippen LogP contribution in [0, 0.1) is 0 Å². The Kier molecular flexibility index (Phi) is 4.21. The van der Waals surface area contributed by atoms with Crippen LogP contribution in [0.15, 0.2) is 18.5 Å². The molecule has 88 valence electrons. The highest BCUT2D eigenvalue weighted by Crippen LogP contribution is 2.21. The van der Waals surface area contributed by atoms with Crippen molar-refractivity contribution in [2.75, 3.05) is 12.3 Å². The van der Waals surface area contributed by atoms with Gasteiger partial charge >= 0.3 is 0 Å². The maximum Gasteiger partial charge on any atom is 0.216 e. The first kappa shape index (κ1) is 12.4. The number of pyridine rings is 1. The lowest BCUT2D eigenvalue weighted by Crippen LogP contribution is -2.34. The summed E-state index contributed by atoms with van der Waals surface area (Å²) in [6, 6.07) is 1.53. The summed E-state index contributed by atoms with van der Waals surface area (Å²) in [6.07, 6.45) is 0.596. The lowest BCUT2D eigenvalue weighted by molar-refractivity contribution is -0.119. The van der Waals surface area contributed by atoms with Crippen molar-refractivity contribution in [2.24, 2.45) is 0 Å². The molecule has 0 aliphatic heterocycles. The zero-order chi connectivity index (χ0) is 12.1. The number of nitrogens with zero attached hydrogens (tertiary/aromatic N) is 1. The number of nitrogens with one attached hydrogen (secondary N) is 1. The second-order valence-electron chi connectivity index (χ2n) is 3.45. The molecule has 2 atom stereocenters. The lowest BCUT2D eigenvalue weighted by Gasteiger charge is -2.19. The third-order valence-electron chi connectivity index (χ3n) is 2.13. The van der Waals surface area contributed by atoms with Gasteiger partial charge in [0.1, 0.15) is 12.2 Å². The Bertz CT molecular complexity index is 370. The van der Waals surface area contributed by atoms with Gasteiger partial charge in [0.25, 0.3) is 0 Å². The maximum absolute atomic E-state index is 10.6. The summed E-state index contributed by atoms with van der Waals surface area (Å²) >= 11 is 0. The Hall–Kier alpha value is -1.66. The molecule has 0 radical (unpaired) electrons. The summed E-state index contributed by atoms with van der Waals surface area (Å²) in [7, 11) is 0. The van der Waals surface area contributed by atoms with Crippen LogP contribution in [0.25, 0.3) is 0 Å². The largest absolute Gasteiger partial charge is 0.398 e. The van der Waals surface area contributed by atoms with Gasteiger partial charge in [0, 0.05) is 37.1 Å². The average Bonchev–Trinajstić information content (AvgIpc) is 2.25. The number of nitrogen functional groups attached to an aromatic ring is 1. The van der Waals surface area contributed by atoms with Crippen LogP contribution in [-0.2, 0) is 4.79 Å². The fourth-order valence-corrected chi connectivity index (χ4v) is 1.23. The van der Waals surface area contributed by atoms with E-state index in [9.17, 15) is 15.0 Å². The van der Waals surface area contributed by atoms with Crippen molar-refractivity contribution in [3.8, 4) is 0 Å². The number of amides is 1. The minimum atomic E-state index is -1.17. The smallest absolute Gasteiger partial charge is 0.216 e. The van der Waals surface area contributed by atoms with Crippen LogP contribution in [0.3, 0.4) is 0 Å². The molecular formula is C10H15N3O3. The van der Waals surface area contributed by atoms with E-state index in [1.54, 1.807) is 0 Å². The quantitative estimate of drug-likeness (QED) is 0.536. The van der Waals surface area contributed by atoms with Crippen molar-refractivity contribution >= 4 is 11.6 Å². The molecule has 1 amide bonds. The molecule has 6 nitrogen and oxygen atoms in total. The maximum atomic E-state index is 10.6. The van der Waals surface area contributed by atoms with Crippen LogP contribution < -0.4 is 11.1 Å². The highest BCUT2D eigenvalue weighted by atomic mass is 16.3. The van der Waals surface area contributed by atoms with E-state index in [4.69, 9.17) is 5.73 Å². The summed E-state index contributed by atoms with van der Waals surface area (Å²) in [6.45, 7) is 1.29. The van der Waals surface area contributed by atoms with Gasteiger partial charge in [-0.2, -0.15) is 0 Å². The molecule has 1 heterocycles. The van der Waals surface area contributed by atoms with Crippen LogP contribution in [0.1, 0.15) is 18.6 Å². The second-order valence-corrected chi connectivity index (χ2v) is 3.45. The molecule has 0 bridgehead atoms. The Morgan fingerprint density at radius 2 is 2.31 bits per heavy atom. The molecule has 1 aromatic rings. The van der Waals surface area contributed by atoms with Gasteiger partial charge in [-0.25, -0.2) is 0 Å². The van der Waals surface area contributed by atoms with E-state index in [0.29, 0.717) is 11.3 Å². The van der Waals surface area contributed by atoms with E-state index in [0.717, 1.165) is 0 Å². The summed E-state index contributed by atoms with van der Waals surface area (Å²) < 4.78 is 0. The molecule has 1 aromatic heterocycles. The number of carbonyl (C=O) groups excluding carboxylic acids is 1. The molecule has 2 unspecified atom stereocenters. The standard InChI is InChI=1S/C10H15N3O3/c1-6(14)13-5-9(15)10(16)7-4-12-3-2-8(7)11/h2-4,9-10,15-16H,5H2,1H3,(H2,11,12)(H,13,14). The minimum Gasteiger partial charge on any atom is -0.398 e. The number of aliphatic hydroxyl groups excluding tert-OH is 2. The highest BCUT2D eigenvalue weighted by Gasteiger charge is 2.20. The van der Waals surface area contributed by atoms with Crippen molar-refractivity contribution in [1.82, 2.24) is 10.3 Å². The van der Waals surface area contributed by atoms with E-state index in [1.807, 2.05) is 0 Å². The van der Waals surface area contributed by atoms with E-state index in [2.05, 4.69) is 10.3 Å². The van der Waals surface area contributed by atoms with E-state index >= 15 is 0 Å². The van der Waals surface area contributed by atoms with Crippen LogP contribution in [0.4, 0.5) is 5.69 Å². The van der Waals surface area contributed by atoms with Gasteiger partial charge in [-0.15, -0.1) is 0 Å². The molecule has 6 heteroatoms. The van der Waals surface area contributed by atoms with Gasteiger partial charge in [0.15, 0.2) is 0 Å².